The van der Waals surface area contributed by atoms with Crippen LogP contribution in [0.5, 0.6) is 0 Å². The lowest BCUT2D eigenvalue weighted by Gasteiger charge is -2.33. The van der Waals surface area contributed by atoms with Gasteiger partial charge in [-0.25, -0.2) is 9.59 Å². The number of nitrogens with zero attached hydrogens (tertiary/aromatic N) is 1. The summed E-state index contributed by atoms with van der Waals surface area (Å²) in [6.07, 6.45) is 3.55. The van der Waals surface area contributed by atoms with Gasteiger partial charge < -0.3 is 14.9 Å². The van der Waals surface area contributed by atoms with Gasteiger partial charge in [-0.3, -0.25) is 4.90 Å². The molecule has 0 aromatic rings. The lowest BCUT2D eigenvalue weighted by molar-refractivity contribution is -0.143. The monoisotopic (exact) mass is 271 g/mol. The van der Waals surface area contributed by atoms with Gasteiger partial charge in [-0.05, 0) is 43.9 Å². The van der Waals surface area contributed by atoms with E-state index in [9.17, 15) is 14.7 Å². The number of amides is 1. The Labute approximate surface area is 112 Å². The molecule has 2 fully saturated rings. The van der Waals surface area contributed by atoms with Crippen molar-refractivity contribution in [2.24, 2.45) is 11.8 Å². The number of rotatable bonds is 3. The van der Waals surface area contributed by atoms with E-state index in [2.05, 4.69) is 0 Å². The Morgan fingerprint density at radius 3 is 2.21 bits per heavy atom. The number of aliphatic carboxylic acids is 1. The van der Waals surface area contributed by atoms with E-state index in [0.717, 1.165) is 30.6 Å². The van der Waals surface area contributed by atoms with Gasteiger partial charge in [-0.2, -0.15) is 0 Å². The van der Waals surface area contributed by atoms with Crippen LogP contribution in [0.25, 0.3) is 0 Å². The van der Waals surface area contributed by atoms with E-state index >= 15 is 0 Å². The Morgan fingerprint density at radius 1 is 1.11 bits per heavy atom. The van der Waals surface area contributed by atoms with Crippen molar-refractivity contribution in [2.75, 3.05) is 13.7 Å². The van der Waals surface area contributed by atoms with Crippen LogP contribution in [0.4, 0.5) is 4.79 Å². The number of hydrogen-bond acceptors (Lipinski definition) is 3. The van der Waals surface area contributed by atoms with E-state index in [-0.39, 0.29) is 12.0 Å². The molecular weight excluding hydrogens is 250 g/mol. The Morgan fingerprint density at radius 2 is 1.74 bits per heavy atom. The predicted octanol–water partition coefficient (Wildman–Crippen LogP) is 1.64. The van der Waals surface area contributed by atoms with Gasteiger partial charge in [-0.15, -0.1) is 0 Å². The summed E-state index contributed by atoms with van der Waals surface area (Å²) in [5, 5.41) is 18.4. The van der Waals surface area contributed by atoms with Crippen molar-refractivity contribution in [3.8, 4) is 0 Å². The molecule has 1 heterocycles. The zero-order valence-corrected chi connectivity index (χ0v) is 11.1. The lowest BCUT2D eigenvalue weighted by Crippen LogP contribution is -2.44. The minimum atomic E-state index is -1.12. The number of carboxylic acid groups (broad SMARTS) is 2. The average molecular weight is 271 g/mol. The van der Waals surface area contributed by atoms with Crippen LogP contribution >= 0.6 is 0 Å². The molecule has 2 rings (SSSR count). The van der Waals surface area contributed by atoms with Crippen LogP contribution in [-0.2, 0) is 9.53 Å². The average Bonchev–Trinajstić information content (AvgIpc) is 2.83. The Bertz CT molecular complexity index is 351. The normalized spacial score (nSPS) is 35.3. The molecule has 0 aromatic heterocycles. The molecule has 0 aromatic carbocycles. The summed E-state index contributed by atoms with van der Waals surface area (Å²) in [6, 6.07) is -0.874. The first-order valence-electron chi connectivity index (χ1n) is 6.79. The first-order valence-corrected chi connectivity index (χ1v) is 6.79. The van der Waals surface area contributed by atoms with Crippen molar-refractivity contribution < 1.29 is 24.5 Å². The highest BCUT2D eigenvalue weighted by Gasteiger charge is 2.45. The summed E-state index contributed by atoms with van der Waals surface area (Å²) in [4.78, 5) is 23.5. The molecule has 1 amide bonds. The van der Waals surface area contributed by atoms with Crippen LogP contribution < -0.4 is 0 Å². The summed E-state index contributed by atoms with van der Waals surface area (Å²) >= 11 is 0. The van der Waals surface area contributed by atoms with Crippen LogP contribution in [0.3, 0.4) is 0 Å². The van der Waals surface area contributed by atoms with Gasteiger partial charge in [0.15, 0.2) is 0 Å². The summed E-state index contributed by atoms with van der Waals surface area (Å²) < 4.78 is 5.31. The fourth-order valence-electron chi connectivity index (χ4n) is 3.59. The molecule has 2 atom stereocenters. The van der Waals surface area contributed by atoms with Crippen LogP contribution in [0.1, 0.15) is 32.1 Å². The molecule has 0 unspecified atom stereocenters. The molecule has 1 saturated carbocycles. The van der Waals surface area contributed by atoms with E-state index < -0.39 is 18.1 Å². The third kappa shape index (κ3) is 2.83. The highest BCUT2D eigenvalue weighted by atomic mass is 16.5. The Balaban J connectivity index is 2.03. The molecule has 2 N–H and O–H groups in total. The molecule has 19 heavy (non-hydrogen) atoms. The minimum absolute atomic E-state index is 0.0496. The summed E-state index contributed by atoms with van der Waals surface area (Å²) in [6.45, 7) is 0.334. The largest absolute Gasteiger partial charge is 0.480 e. The molecule has 1 saturated heterocycles. The third-order valence-corrected chi connectivity index (χ3v) is 4.60. The zero-order valence-electron chi connectivity index (χ0n) is 11.1. The van der Waals surface area contributed by atoms with Gasteiger partial charge in [-0.1, -0.05) is 0 Å². The maximum absolute atomic E-state index is 11.4. The lowest BCUT2D eigenvalue weighted by atomic mass is 9.76. The van der Waals surface area contributed by atoms with E-state index in [4.69, 9.17) is 9.84 Å². The smallest absolute Gasteiger partial charge is 0.408 e. The number of ether oxygens (including phenoxy) is 1. The zero-order chi connectivity index (χ0) is 14.0. The van der Waals surface area contributed by atoms with E-state index in [1.807, 2.05) is 0 Å². The van der Waals surface area contributed by atoms with Crippen molar-refractivity contribution in [3.63, 3.8) is 0 Å². The van der Waals surface area contributed by atoms with Crippen LogP contribution in [-0.4, -0.2) is 53.0 Å². The maximum Gasteiger partial charge on any atom is 0.408 e. The molecule has 0 spiro atoms. The van der Waals surface area contributed by atoms with E-state index in [1.165, 1.54) is 0 Å². The van der Waals surface area contributed by atoms with Crippen LogP contribution in [0.2, 0.25) is 0 Å². The number of likely N-dealkylation sites (tertiary alicyclic amines) is 1. The highest BCUT2D eigenvalue weighted by Crippen LogP contribution is 2.39. The maximum atomic E-state index is 11.4. The second kappa shape index (κ2) is 5.77. The van der Waals surface area contributed by atoms with Gasteiger partial charge in [0.1, 0.15) is 6.04 Å². The van der Waals surface area contributed by atoms with Crippen molar-refractivity contribution in [2.45, 2.75) is 44.2 Å². The fourth-order valence-corrected chi connectivity index (χ4v) is 3.59. The fraction of sp³-hybridized carbons (Fsp3) is 0.846. The SMILES string of the molecule is COC1CCC([C@@H]2CCN(C(=O)O)[C@@H]2C(=O)O)CC1. The Kier molecular flexibility index (Phi) is 4.29. The second-order valence-corrected chi connectivity index (χ2v) is 5.48. The van der Waals surface area contributed by atoms with E-state index in [1.54, 1.807) is 7.11 Å². The topological polar surface area (TPSA) is 87.1 Å². The van der Waals surface area contributed by atoms with Gasteiger partial charge in [0.2, 0.25) is 0 Å². The quantitative estimate of drug-likeness (QED) is 0.815. The molecule has 0 bridgehead atoms. The van der Waals surface area contributed by atoms with Crippen molar-refractivity contribution in [3.05, 3.63) is 0 Å². The molecule has 1 aliphatic carbocycles. The first-order chi connectivity index (χ1) is 9.04. The number of methoxy groups -OCH3 is 1. The highest BCUT2D eigenvalue weighted by molar-refractivity contribution is 5.80. The third-order valence-electron chi connectivity index (χ3n) is 4.60. The van der Waals surface area contributed by atoms with Gasteiger partial charge in [0.05, 0.1) is 6.10 Å². The molecule has 0 radical (unpaired) electrons. The number of hydrogen-bond donors (Lipinski definition) is 2. The van der Waals surface area contributed by atoms with Crippen molar-refractivity contribution in [1.29, 1.82) is 0 Å². The van der Waals surface area contributed by atoms with E-state index in [0.29, 0.717) is 18.9 Å². The van der Waals surface area contributed by atoms with Gasteiger partial charge in [0.25, 0.3) is 0 Å². The summed E-state index contributed by atoms with van der Waals surface area (Å²) in [5.74, 6) is -0.762. The predicted molar refractivity (Wildman–Crippen MR) is 67.0 cm³/mol. The molecule has 108 valence electrons. The first kappa shape index (κ1) is 14.1. The molecular formula is C13H21NO5. The standard InChI is InChI=1S/C13H21NO5/c1-19-9-4-2-8(3-5-9)10-6-7-14(13(17)18)11(10)12(15)16/h8-11H,2-7H2,1H3,(H,15,16)(H,17,18)/t8?,9?,10-,11-/m0/s1. The summed E-state index contributed by atoms with van der Waals surface area (Å²) in [7, 11) is 1.70. The Hall–Kier alpha value is -1.30. The molecule has 6 heteroatoms. The van der Waals surface area contributed by atoms with Gasteiger partial charge in [0, 0.05) is 13.7 Å². The second-order valence-electron chi connectivity index (χ2n) is 5.48. The molecule has 6 nitrogen and oxygen atoms in total. The van der Waals surface area contributed by atoms with Crippen LogP contribution in [0.15, 0.2) is 0 Å². The molecule has 1 aliphatic heterocycles. The number of carboxylic acids is 1. The minimum Gasteiger partial charge on any atom is -0.480 e. The van der Waals surface area contributed by atoms with Crippen molar-refractivity contribution >= 4 is 12.1 Å². The van der Waals surface area contributed by atoms with Crippen LogP contribution in [0, 0.1) is 11.8 Å². The van der Waals surface area contributed by atoms with Crippen molar-refractivity contribution in [1.82, 2.24) is 4.90 Å². The summed E-state index contributed by atoms with van der Waals surface area (Å²) in [5.41, 5.74) is 0. The van der Waals surface area contributed by atoms with Gasteiger partial charge >= 0.3 is 12.1 Å². The number of carbonyl (C=O) groups is 2. The molecule has 2 aliphatic rings.